The Morgan fingerprint density at radius 1 is 0.854 bits per heavy atom. The molecular weight excluding hydrogens is 626 g/mol. The molecule has 4 N–H and O–H groups in total. The maximum absolute atomic E-state index is 13.1. The Hall–Kier alpha value is -4.96. The lowest BCUT2D eigenvalue weighted by molar-refractivity contribution is -0.136. The molecule has 48 heavy (non-hydrogen) atoms. The van der Waals surface area contributed by atoms with E-state index in [0.29, 0.717) is 88.1 Å². The molecule has 3 aromatic rings. The van der Waals surface area contributed by atoms with Gasteiger partial charge in [-0.2, -0.15) is 0 Å². The molecule has 0 saturated carbocycles. The second kappa shape index (κ2) is 16.7. The van der Waals surface area contributed by atoms with E-state index in [1.54, 1.807) is 42.6 Å². The first-order valence-electron chi connectivity index (χ1n) is 15.6. The van der Waals surface area contributed by atoms with E-state index < -0.39 is 29.7 Å². The fourth-order valence-corrected chi connectivity index (χ4v) is 5.37. The van der Waals surface area contributed by atoms with Crippen LogP contribution < -0.4 is 16.0 Å². The van der Waals surface area contributed by atoms with Crippen LogP contribution in [0.15, 0.2) is 48.7 Å². The number of nitrogens with zero attached hydrogens (tertiary/aromatic N) is 2. The fourth-order valence-electron chi connectivity index (χ4n) is 5.37. The van der Waals surface area contributed by atoms with E-state index in [-0.39, 0.29) is 35.6 Å². The molecule has 1 aromatic heterocycles. The van der Waals surface area contributed by atoms with Gasteiger partial charge in [-0.15, -0.1) is 0 Å². The number of hydrogen-bond acceptors (Lipinski definition) is 12. The van der Waals surface area contributed by atoms with Crippen LogP contribution >= 0.6 is 0 Å². The molecule has 0 radical (unpaired) electrons. The number of pyridine rings is 1. The van der Waals surface area contributed by atoms with E-state index in [0.717, 1.165) is 4.90 Å². The fraction of sp³-hybridized carbons (Fsp3) is 0.394. The van der Waals surface area contributed by atoms with Gasteiger partial charge in [-0.05, 0) is 36.8 Å². The van der Waals surface area contributed by atoms with Crippen molar-refractivity contribution < 1.29 is 48.0 Å². The molecule has 2 aliphatic heterocycles. The van der Waals surface area contributed by atoms with Crippen LogP contribution in [0.25, 0.3) is 10.9 Å². The summed E-state index contributed by atoms with van der Waals surface area (Å²) in [6.45, 7) is 3.52. The third-order valence-electron chi connectivity index (χ3n) is 7.67. The SMILES string of the molecule is O=C1CCC(N2C(=O)c3cccc(NCCOCCOCCOCCOCCNC(=O)c4ccc(O)c5ncccc45)c3C2=O)C(=O)N1. The van der Waals surface area contributed by atoms with Crippen molar-refractivity contribution in [1.82, 2.24) is 20.5 Å². The lowest BCUT2D eigenvalue weighted by Gasteiger charge is -2.27. The van der Waals surface area contributed by atoms with Gasteiger partial charge in [0.05, 0.1) is 64.0 Å². The molecule has 1 fully saturated rings. The second-order valence-electron chi connectivity index (χ2n) is 10.8. The summed E-state index contributed by atoms with van der Waals surface area (Å²) < 4.78 is 22.1. The number of benzene rings is 2. The molecule has 2 aromatic carbocycles. The van der Waals surface area contributed by atoms with Gasteiger partial charge in [0.1, 0.15) is 17.3 Å². The molecule has 0 aliphatic carbocycles. The minimum absolute atomic E-state index is 0.0189. The molecule has 15 nitrogen and oxygen atoms in total. The first-order chi connectivity index (χ1) is 23.4. The Balaban J connectivity index is 0.873. The summed E-state index contributed by atoms with van der Waals surface area (Å²) >= 11 is 0. The largest absolute Gasteiger partial charge is 0.506 e. The van der Waals surface area contributed by atoms with Gasteiger partial charge in [-0.1, -0.05) is 12.1 Å². The van der Waals surface area contributed by atoms with Gasteiger partial charge in [0.2, 0.25) is 11.8 Å². The molecule has 1 atom stereocenters. The standard InChI is InChI=1S/C33H37N5O10/c39-26-8-6-22(21-4-2-10-35-29(21)26)30(41)36-12-14-46-16-18-48-20-19-47-17-15-45-13-11-34-24-5-1-3-23-28(24)33(44)38(32(23)43)25-7-9-27(40)37-31(25)42/h1-6,8,10,25,34,39H,7,9,11-20H2,(H,36,41)(H,37,40,42). The number of carbonyl (C=O) groups is 5. The molecule has 15 heteroatoms. The molecular formula is C33H37N5O10. The Kier molecular flexibility index (Phi) is 12.0. The molecule has 1 unspecified atom stereocenters. The quantitative estimate of drug-likeness (QED) is 0.113. The maximum atomic E-state index is 13.1. The highest BCUT2D eigenvalue weighted by Gasteiger charge is 2.45. The van der Waals surface area contributed by atoms with Crippen molar-refractivity contribution in [2.75, 3.05) is 71.3 Å². The van der Waals surface area contributed by atoms with Crippen molar-refractivity contribution in [3.05, 3.63) is 65.4 Å². The van der Waals surface area contributed by atoms with Gasteiger partial charge in [0.15, 0.2) is 0 Å². The third kappa shape index (κ3) is 8.30. The number of phenols is 1. The average Bonchev–Trinajstić information content (AvgIpc) is 3.34. The summed E-state index contributed by atoms with van der Waals surface area (Å²) in [7, 11) is 0. The number of ether oxygens (including phenoxy) is 4. The number of aromatic hydroxyl groups is 1. The highest BCUT2D eigenvalue weighted by Crippen LogP contribution is 2.32. The average molecular weight is 664 g/mol. The number of anilines is 1. The highest BCUT2D eigenvalue weighted by atomic mass is 16.6. The van der Waals surface area contributed by atoms with Crippen molar-refractivity contribution in [3.63, 3.8) is 0 Å². The van der Waals surface area contributed by atoms with Crippen LogP contribution in [0.5, 0.6) is 5.75 Å². The number of nitrogens with one attached hydrogen (secondary N) is 3. The zero-order valence-electron chi connectivity index (χ0n) is 26.2. The van der Waals surface area contributed by atoms with Gasteiger partial charge in [0.25, 0.3) is 17.7 Å². The van der Waals surface area contributed by atoms with Crippen molar-refractivity contribution >= 4 is 46.1 Å². The minimum atomic E-state index is -1.02. The maximum Gasteiger partial charge on any atom is 0.264 e. The van der Waals surface area contributed by atoms with Gasteiger partial charge < -0.3 is 34.7 Å². The predicted octanol–water partition coefficient (Wildman–Crippen LogP) is 1.25. The zero-order chi connectivity index (χ0) is 33.9. The Morgan fingerprint density at radius 3 is 2.25 bits per heavy atom. The molecule has 254 valence electrons. The summed E-state index contributed by atoms with van der Waals surface area (Å²) in [5.74, 6) is -2.46. The summed E-state index contributed by atoms with van der Waals surface area (Å²) in [5.41, 5.74) is 1.67. The summed E-state index contributed by atoms with van der Waals surface area (Å²) in [5, 5.41) is 18.6. The Labute approximate surface area is 275 Å². The first kappa shape index (κ1) is 34.4. The molecule has 5 rings (SSSR count). The molecule has 0 bridgehead atoms. The third-order valence-corrected chi connectivity index (χ3v) is 7.67. The van der Waals surface area contributed by atoms with Crippen LogP contribution in [-0.4, -0.2) is 117 Å². The number of fused-ring (bicyclic) bond motifs is 2. The van der Waals surface area contributed by atoms with E-state index in [4.69, 9.17) is 18.9 Å². The lowest BCUT2D eigenvalue weighted by atomic mass is 10.0. The number of phenolic OH excluding ortho intramolecular Hbond substituents is 1. The van der Waals surface area contributed by atoms with E-state index in [9.17, 15) is 29.1 Å². The molecule has 5 amide bonds. The van der Waals surface area contributed by atoms with E-state index in [2.05, 4.69) is 20.9 Å². The van der Waals surface area contributed by atoms with Crippen LogP contribution in [0.4, 0.5) is 5.69 Å². The molecule has 2 aliphatic rings. The monoisotopic (exact) mass is 663 g/mol. The number of aromatic nitrogens is 1. The van der Waals surface area contributed by atoms with Gasteiger partial charge in [0, 0.05) is 42.3 Å². The minimum Gasteiger partial charge on any atom is -0.506 e. The summed E-state index contributed by atoms with van der Waals surface area (Å²) in [6, 6.07) is 10.3. The Bertz CT molecular complexity index is 1670. The van der Waals surface area contributed by atoms with Crippen LogP contribution in [-0.2, 0) is 28.5 Å². The van der Waals surface area contributed by atoms with Crippen LogP contribution in [0.1, 0.15) is 43.9 Å². The van der Waals surface area contributed by atoms with Crippen molar-refractivity contribution in [3.8, 4) is 5.75 Å². The summed E-state index contributed by atoms with van der Waals surface area (Å²) in [6.07, 6.45) is 1.71. The highest BCUT2D eigenvalue weighted by molar-refractivity contribution is 6.25. The van der Waals surface area contributed by atoms with Crippen LogP contribution in [0.2, 0.25) is 0 Å². The zero-order valence-corrected chi connectivity index (χ0v) is 26.2. The predicted molar refractivity (Wildman–Crippen MR) is 171 cm³/mol. The second-order valence-corrected chi connectivity index (χ2v) is 10.8. The van der Waals surface area contributed by atoms with E-state index in [1.165, 1.54) is 6.07 Å². The number of piperidine rings is 1. The topological polar surface area (TPSA) is 195 Å². The van der Waals surface area contributed by atoms with Crippen LogP contribution in [0, 0.1) is 0 Å². The molecule has 3 heterocycles. The molecule has 0 spiro atoms. The molecule has 1 saturated heterocycles. The number of imide groups is 2. The summed E-state index contributed by atoms with van der Waals surface area (Å²) in [4.78, 5) is 67.4. The van der Waals surface area contributed by atoms with Gasteiger partial charge in [-0.25, -0.2) is 0 Å². The number of carbonyl (C=O) groups excluding carboxylic acids is 5. The lowest BCUT2D eigenvalue weighted by Crippen LogP contribution is -2.54. The number of hydrogen-bond donors (Lipinski definition) is 4. The smallest absolute Gasteiger partial charge is 0.264 e. The normalized spacial score (nSPS) is 15.9. The van der Waals surface area contributed by atoms with E-state index in [1.807, 2.05) is 0 Å². The van der Waals surface area contributed by atoms with Crippen molar-refractivity contribution in [2.45, 2.75) is 18.9 Å². The van der Waals surface area contributed by atoms with Crippen molar-refractivity contribution in [2.24, 2.45) is 0 Å². The van der Waals surface area contributed by atoms with Gasteiger partial charge >= 0.3 is 0 Å². The first-order valence-corrected chi connectivity index (χ1v) is 15.6. The number of rotatable bonds is 18. The Morgan fingerprint density at radius 2 is 1.54 bits per heavy atom. The number of amides is 5. The van der Waals surface area contributed by atoms with Crippen molar-refractivity contribution in [1.29, 1.82) is 0 Å². The van der Waals surface area contributed by atoms with Gasteiger partial charge in [-0.3, -0.25) is 39.2 Å². The van der Waals surface area contributed by atoms with E-state index >= 15 is 0 Å². The van der Waals surface area contributed by atoms with Crippen LogP contribution in [0.3, 0.4) is 0 Å².